The van der Waals surface area contributed by atoms with Crippen LogP contribution >= 0.6 is 11.6 Å². The third-order valence-corrected chi connectivity index (χ3v) is 7.12. The largest absolute Gasteiger partial charge is 0.478 e. The highest BCUT2D eigenvalue weighted by molar-refractivity contribution is 6.30. The number of allylic oxidation sites excluding steroid dienone is 2. The van der Waals surface area contributed by atoms with Gasteiger partial charge in [0.15, 0.2) is 11.4 Å². The van der Waals surface area contributed by atoms with E-state index in [1.54, 1.807) is 62.4 Å². The maximum absolute atomic E-state index is 12.7. The molecule has 0 radical (unpaired) electrons. The average molecular weight is 571 g/mol. The zero-order valence-electron chi connectivity index (χ0n) is 24.7. The van der Waals surface area contributed by atoms with Gasteiger partial charge in [-0.1, -0.05) is 44.0 Å². The van der Waals surface area contributed by atoms with Crippen molar-refractivity contribution in [1.29, 1.82) is 0 Å². The fourth-order valence-corrected chi connectivity index (χ4v) is 4.24. The molecule has 0 bridgehead atoms. The van der Waals surface area contributed by atoms with Gasteiger partial charge >= 0.3 is 0 Å². The van der Waals surface area contributed by atoms with Crippen LogP contribution in [0.4, 0.5) is 0 Å². The van der Waals surface area contributed by atoms with Crippen LogP contribution < -0.4 is 15.4 Å². The van der Waals surface area contributed by atoms with Crippen LogP contribution in [0.1, 0.15) is 70.8 Å². The highest BCUT2D eigenvalue weighted by Gasteiger charge is 2.30. The summed E-state index contributed by atoms with van der Waals surface area (Å²) < 4.78 is 11.5. The van der Waals surface area contributed by atoms with E-state index in [1.165, 1.54) is 5.57 Å². The van der Waals surface area contributed by atoms with E-state index in [4.69, 9.17) is 21.1 Å². The van der Waals surface area contributed by atoms with E-state index in [9.17, 15) is 14.4 Å². The molecule has 218 valence electrons. The minimum Gasteiger partial charge on any atom is -0.478 e. The van der Waals surface area contributed by atoms with Crippen LogP contribution in [0.2, 0.25) is 5.02 Å². The van der Waals surface area contributed by atoms with Crippen molar-refractivity contribution in [3.05, 3.63) is 76.3 Å². The number of nitrogens with one attached hydrogen (secondary N) is 2. The number of halogens is 1. The van der Waals surface area contributed by atoms with Crippen molar-refractivity contribution in [3.8, 4) is 5.75 Å². The van der Waals surface area contributed by atoms with E-state index in [2.05, 4.69) is 30.6 Å². The van der Waals surface area contributed by atoms with Crippen molar-refractivity contribution in [2.45, 2.75) is 60.5 Å². The summed E-state index contributed by atoms with van der Waals surface area (Å²) >= 11 is 5.90. The van der Waals surface area contributed by atoms with Crippen molar-refractivity contribution in [1.82, 2.24) is 10.6 Å². The number of rotatable bonds is 15. The molecule has 1 atom stereocenters. The third kappa shape index (κ3) is 10.1. The summed E-state index contributed by atoms with van der Waals surface area (Å²) in [6, 6.07) is 13.4. The second kappa shape index (κ2) is 15.0. The Hall–Kier alpha value is -3.16. The first-order valence-electron chi connectivity index (χ1n) is 13.6. The Morgan fingerprint density at radius 3 is 1.90 bits per heavy atom. The minimum absolute atomic E-state index is 0.00133. The average Bonchev–Trinajstić information content (AvgIpc) is 2.91. The molecule has 0 heterocycles. The fraction of sp³-hybridized carbons (Fsp3) is 0.469. The van der Waals surface area contributed by atoms with E-state index < -0.39 is 11.0 Å². The smallest absolute Gasteiger partial charge is 0.263 e. The van der Waals surface area contributed by atoms with Gasteiger partial charge in [-0.15, -0.1) is 0 Å². The molecule has 1 unspecified atom stereocenters. The van der Waals surface area contributed by atoms with E-state index in [1.807, 2.05) is 20.8 Å². The van der Waals surface area contributed by atoms with Gasteiger partial charge in [-0.25, -0.2) is 0 Å². The van der Waals surface area contributed by atoms with E-state index in [-0.39, 0.29) is 17.6 Å². The molecule has 0 spiro atoms. The van der Waals surface area contributed by atoms with Crippen molar-refractivity contribution < 1.29 is 23.9 Å². The minimum atomic E-state index is -1.14. The maximum atomic E-state index is 12.7. The number of amides is 2. The lowest BCUT2D eigenvalue weighted by Crippen LogP contribution is -2.47. The van der Waals surface area contributed by atoms with E-state index in [0.717, 1.165) is 6.42 Å². The van der Waals surface area contributed by atoms with Crippen LogP contribution in [0.3, 0.4) is 0 Å². The van der Waals surface area contributed by atoms with Crippen LogP contribution in [0.5, 0.6) is 5.75 Å². The SMILES string of the molecule is C/C=C(\C)C(C)CC(C)(C)C(=O)NCCOCCNC(=O)C(C)(C)Oc1ccc(C(=O)c2ccc(Cl)cc2)cc1. The molecule has 7 nitrogen and oxygen atoms in total. The lowest BCUT2D eigenvalue weighted by Gasteiger charge is -2.27. The second-order valence-corrected chi connectivity index (χ2v) is 11.6. The van der Waals surface area contributed by atoms with Gasteiger partial charge in [0.25, 0.3) is 5.91 Å². The number of carbonyl (C=O) groups is 3. The normalized spacial score (nSPS) is 12.9. The van der Waals surface area contributed by atoms with Gasteiger partial charge in [0, 0.05) is 34.7 Å². The van der Waals surface area contributed by atoms with Crippen molar-refractivity contribution in [2.75, 3.05) is 26.3 Å². The molecule has 2 amide bonds. The molecule has 2 aromatic carbocycles. The predicted molar refractivity (Wildman–Crippen MR) is 160 cm³/mol. The quantitative estimate of drug-likeness (QED) is 0.156. The molecule has 2 rings (SSSR count). The molecular formula is C32H43ClN2O5. The number of hydrogen-bond acceptors (Lipinski definition) is 5. The Morgan fingerprint density at radius 1 is 0.875 bits per heavy atom. The summed E-state index contributed by atoms with van der Waals surface area (Å²) in [7, 11) is 0. The highest BCUT2D eigenvalue weighted by Crippen LogP contribution is 2.29. The zero-order chi connectivity index (χ0) is 29.9. The fourth-order valence-electron chi connectivity index (χ4n) is 4.11. The van der Waals surface area contributed by atoms with Gasteiger partial charge in [0.2, 0.25) is 5.91 Å². The van der Waals surface area contributed by atoms with Crippen LogP contribution in [0, 0.1) is 11.3 Å². The Bertz CT molecular complexity index is 1170. The maximum Gasteiger partial charge on any atom is 0.263 e. The van der Waals surface area contributed by atoms with Crippen LogP contribution in [0.25, 0.3) is 0 Å². The lowest BCUT2D eigenvalue weighted by atomic mass is 9.80. The molecule has 0 fully saturated rings. The van der Waals surface area contributed by atoms with Crippen LogP contribution in [-0.2, 0) is 14.3 Å². The summed E-state index contributed by atoms with van der Waals surface area (Å²) in [4.78, 5) is 37.9. The van der Waals surface area contributed by atoms with Gasteiger partial charge in [-0.2, -0.15) is 0 Å². The molecule has 0 aromatic heterocycles. The first-order chi connectivity index (χ1) is 18.8. The Balaban J connectivity index is 1.71. The first kappa shape index (κ1) is 33.0. The lowest BCUT2D eigenvalue weighted by molar-refractivity contribution is -0.134. The molecule has 40 heavy (non-hydrogen) atoms. The topological polar surface area (TPSA) is 93.7 Å². The van der Waals surface area contributed by atoms with Gasteiger partial charge in [0.05, 0.1) is 13.2 Å². The number of benzene rings is 2. The number of ether oxygens (including phenoxy) is 2. The van der Waals surface area contributed by atoms with Crippen molar-refractivity contribution in [2.24, 2.45) is 11.3 Å². The molecule has 2 aromatic rings. The summed E-state index contributed by atoms with van der Waals surface area (Å²) in [5.74, 6) is 0.387. The molecule has 0 aliphatic heterocycles. The van der Waals surface area contributed by atoms with E-state index >= 15 is 0 Å². The Labute approximate surface area is 243 Å². The third-order valence-electron chi connectivity index (χ3n) is 6.87. The zero-order valence-corrected chi connectivity index (χ0v) is 25.5. The molecule has 0 saturated carbocycles. The van der Waals surface area contributed by atoms with Gasteiger partial charge in [-0.3, -0.25) is 14.4 Å². The molecular weight excluding hydrogens is 528 g/mol. The Kier molecular flexibility index (Phi) is 12.4. The first-order valence-corrected chi connectivity index (χ1v) is 14.0. The van der Waals surface area contributed by atoms with E-state index in [0.29, 0.717) is 54.1 Å². The standard InChI is InChI=1S/C32H43ClN2O5/c1-8-22(2)23(3)21-31(4,5)29(37)34-17-19-39-20-18-35-30(38)32(6,7)40-27-15-11-25(12-16-27)28(36)24-9-13-26(33)14-10-24/h8-16,23H,17-21H2,1-7H3,(H,34,37)(H,35,38)/b22-8+. The second-order valence-electron chi connectivity index (χ2n) is 11.1. The molecule has 0 aliphatic rings. The Morgan fingerprint density at radius 2 is 1.38 bits per heavy atom. The van der Waals surface area contributed by atoms with Gasteiger partial charge < -0.3 is 20.1 Å². The summed E-state index contributed by atoms with van der Waals surface area (Å²) in [5.41, 5.74) is 0.710. The summed E-state index contributed by atoms with van der Waals surface area (Å²) in [6.07, 6.45) is 2.86. The summed E-state index contributed by atoms with van der Waals surface area (Å²) in [6.45, 7) is 14.9. The van der Waals surface area contributed by atoms with Crippen LogP contribution in [0.15, 0.2) is 60.2 Å². The monoisotopic (exact) mass is 570 g/mol. The molecule has 8 heteroatoms. The number of ketones is 1. The number of carbonyl (C=O) groups excluding carboxylic acids is 3. The molecule has 0 saturated heterocycles. The van der Waals surface area contributed by atoms with Gasteiger partial charge in [-0.05, 0) is 88.6 Å². The van der Waals surface area contributed by atoms with Crippen LogP contribution in [-0.4, -0.2) is 49.5 Å². The van der Waals surface area contributed by atoms with Crippen molar-refractivity contribution in [3.63, 3.8) is 0 Å². The number of hydrogen-bond donors (Lipinski definition) is 2. The highest BCUT2D eigenvalue weighted by atomic mass is 35.5. The summed E-state index contributed by atoms with van der Waals surface area (Å²) in [5, 5.41) is 6.32. The molecule has 0 aliphatic carbocycles. The molecule has 2 N–H and O–H groups in total. The van der Waals surface area contributed by atoms with Crippen molar-refractivity contribution >= 4 is 29.2 Å². The predicted octanol–water partition coefficient (Wildman–Crippen LogP) is 6.00. The van der Waals surface area contributed by atoms with Gasteiger partial charge in [0.1, 0.15) is 5.75 Å².